The van der Waals surface area contributed by atoms with Crippen molar-refractivity contribution in [3.8, 4) is 11.3 Å². The summed E-state index contributed by atoms with van der Waals surface area (Å²) in [7, 11) is 0. The number of rotatable bonds is 2. The van der Waals surface area contributed by atoms with Crippen molar-refractivity contribution in [3.63, 3.8) is 0 Å². The molecule has 0 N–H and O–H groups in total. The van der Waals surface area contributed by atoms with E-state index in [9.17, 15) is 4.79 Å². The first-order chi connectivity index (χ1) is 7.20. The van der Waals surface area contributed by atoms with Crippen molar-refractivity contribution in [2.24, 2.45) is 0 Å². The van der Waals surface area contributed by atoms with Gasteiger partial charge in [-0.05, 0) is 31.2 Å². The van der Waals surface area contributed by atoms with E-state index in [4.69, 9.17) is 16.0 Å². The molecule has 0 unspecified atom stereocenters. The van der Waals surface area contributed by atoms with Crippen LogP contribution in [0.4, 0.5) is 0 Å². The third-order valence-corrected chi connectivity index (χ3v) is 2.46. The zero-order valence-electron chi connectivity index (χ0n) is 8.16. The molecule has 2 rings (SSSR count). The van der Waals surface area contributed by atoms with Crippen LogP contribution < -0.4 is 0 Å². The fourth-order valence-corrected chi connectivity index (χ4v) is 1.59. The SMILES string of the molecule is Cc1ccc(-c2cc(C=O)ccc2Cl)o1. The van der Waals surface area contributed by atoms with E-state index in [1.807, 2.05) is 19.1 Å². The number of hydrogen-bond donors (Lipinski definition) is 0. The van der Waals surface area contributed by atoms with Crippen molar-refractivity contribution in [2.75, 3.05) is 0 Å². The Kier molecular flexibility index (Phi) is 2.60. The molecule has 2 aromatic rings. The summed E-state index contributed by atoms with van der Waals surface area (Å²) in [6, 6.07) is 8.78. The second kappa shape index (κ2) is 3.91. The Morgan fingerprint density at radius 1 is 1.27 bits per heavy atom. The van der Waals surface area contributed by atoms with E-state index in [0.29, 0.717) is 16.3 Å². The summed E-state index contributed by atoms with van der Waals surface area (Å²) in [5.41, 5.74) is 1.33. The van der Waals surface area contributed by atoms with E-state index in [1.54, 1.807) is 18.2 Å². The van der Waals surface area contributed by atoms with Gasteiger partial charge in [-0.25, -0.2) is 0 Å². The van der Waals surface area contributed by atoms with E-state index >= 15 is 0 Å². The molecule has 1 aromatic carbocycles. The fourth-order valence-electron chi connectivity index (χ4n) is 1.38. The molecule has 3 heteroatoms. The molecule has 0 saturated heterocycles. The van der Waals surface area contributed by atoms with Gasteiger partial charge in [-0.15, -0.1) is 0 Å². The van der Waals surface area contributed by atoms with Crippen LogP contribution in [0.15, 0.2) is 34.7 Å². The minimum absolute atomic E-state index is 0.579. The van der Waals surface area contributed by atoms with Crippen LogP contribution in [0.2, 0.25) is 5.02 Å². The molecule has 0 fully saturated rings. The molecule has 2 nitrogen and oxygen atoms in total. The van der Waals surface area contributed by atoms with Crippen molar-refractivity contribution < 1.29 is 9.21 Å². The molecular formula is C12H9ClO2. The van der Waals surface area contributed by atoms with E-state index < -0.39 is 0 Å². The molecule has 0 atom stereocenters. The maximum atomic E-state index is 10.6. The number of carbonyl (C=O) groups is 1. The van der Waals surface area contributed by atoms with Crippen LogP contribution in [-0.4, -0.2) is 6.29 Å². The second-order valence-electron chi connectivity index (χ2n) is 3.27. The van der Waals surface area contributed by atoms with E-state index in [0.717, 1.165) is 17.6 Å². The van der Waals surface area contributed by atoms with E-state index in [1.165, 1.54) is 0 Å². The Morgan fingerprint density at radius 3 is 2.67 bits per heavy atom. The number of benzene rings is 1. The number of aldehydes is 1. The van der Waals surface area contributed by atoms with Gasteiger partial charge < -0.3 is 4.42 Å². The Morgan fingerprint density at radius 2 is 2.07 bits per heavy atom. The van der Waals surface area contributed by atoms with E-state index in [2.05, 4.69) is 0 Å². The molecule has 0 spiro atoms. The zero-order valence-corrected chi connectivity index (χ0v) is 8.91. The predicted octanol–water partition coefficient (Wildman–Crippen LogP) is 3.72. The topological polar surface area (TPSA) is 30.2 Å². The number of furan rings is 1. The van der Waals surface area contributed by atoms with E-state index in [-0.39, 0.29) is 0 Å². The molecule has 0 radical (unpaired) electrons. The lowest BCUT2D eigenvalue weighted by Gasteiger charge is -2.01. The smallest absolute Gasteiger partial charge is 0.150 e. The largest absolute Gasteiger partial charge is 0.461 e. The highest BCUT2D eigenvalue weighted by Gasteiger charge is 2.08. The number of aryl methyl sites for hydroxylation is 1. The maximum absolute atomic E-state index is 10.6. The minimum atomic E-state index is 0.579. The normalized spacial score (nSPS) is 10.3. The lowest BCUT2D eigenvalue weighted by molar-refractivity contribution is 0.112. The molecular weight excluding hydrogens is 212 g/mol. The fraction of sp³-hybridized carbons (Fsp3) is 0.0833. The highest BCUT2D eigenvalue weighted by Crippen LogP contribution is 2.29. The van der Waals surface area contributed by atoms with Gasteiger partial charge in [-0.1, -0.05) is 17.7 Å². The Bertz CT molecular complexity index is 500. The van der Waals surface area contributed by atoms with Gasteiger partial charge in [-0.2, -0.15) is 0 Å². The number of carbonyl (C=O) groups excluding carboxylic acids is 1. The predicted molar refractivity (Wildman–Crippen MR) is 59.3 cm³/mol. The zero-order chi connectivity index (χ0) is 10.8. The molecule has 0 aliphatic rings. The van der Waals surface area contributed by atoms with Gasteiger partial charge in [-0.3, -0.25) is 4.79 Å². The van der Waals surface area contributed by atoms with Crippen LogP contribution in [0, 0.1) is 6.92 Å². The van der Waals surface area contributed by atoms with Gasteiger partial charge in [0.25, 0.3) is 0 Å². The van der Waals surface area contributed by atoms with Crippen molar-refractivity contribution in [2.45, 2.75) is 6.92 Å². The van der Waals surface area contributed by atoms with Crippen LogP contribution in [0.5, 0.6) is 0 Å². The summed E-state index contributed by atoms with van der Waals surface area (Å²) in [4.78, 5) is 10.6. The molecule has 0 amide bonds. The van der Waals surface area contributed by atoms with Gasteiger partial charge in [0.2, 0.25) is 0 Å². The van der Waals surface area contributed by atoms with Crippen molar-refractivity contribution in [1.82, 2.24) is 0 Å². The first-order valence-corrected chi connectivity index (χ1v) is 4.90. The summed E-state index contributed by atoms with van der Waals surface area (Å²) in [6.07, 6.45) is 0.787. The number of halogens is 1. The molecule has 76 valence electrons. The van der Waals surface area contributed by atoms with Gasteiger partial charge in [0.1, 0.15) is 17.8 Å². The average Bonchev–Trinajstić information content (AvgIpc) is 2.65. The summed E-state index contributed by atoms with van der Waals surface area (Å²) < 4.78 is 5.45. The molecule has 0 bridgehead atoms. The highest BCUT2D eigenvalue weighted by atomic mass is 35.5. The lowest BCUT2D eigenvalue weighted by Crippen LogP contribution is -1.82. The Hall–Kier alpha value is -1.54. The first-order valence-electron chi connectivity index (χ1n) is 4.52. The lowest BCUT2D eigenvalue weighted by atomic mass is 10.1. The van der Waals surface area contributed by atoms with Gasteiger partial charge in [0.15, 0.2) is 0 Å². The summed E-state index contributed by atoms with van der Waals surface area (Å²) in [6.45, 7) is 1.86. The van der Waals surface area contributed by atoms with Gasteiger partial charge in [0.05, 0.1) is 5.02 Å². The van der Waals surface area contributed by atoms with Crippen LogP contribution in [-0.2, 0) is 0 Å². The molecule has 0 aliphatic carbocycles. The van der Waals surface area contributed by atoms with Crippen molar-refractivity contribution in [3.05, 3.63) is 46.7 Å². The summed E-state index contributed by atoms with van der Waals surface area (Å²) in [5.74, 6) is 1.50. The average molecular weight is 221 g/mol. The first kappa shape index (κ1) is 9.99. The maximum Gasteiger partial charge on any atom is 0.150 e. The van der Waals surface area contributed by atoms with Crippen LogP contribution in [0.25, 0.3) is 11.3 Å². The minimum Gasteiger partial charge on any atom is -0.461 e. The summed E-state index contributed by atoms with van der Waals surface area (Å²) in [5, 5.41) is 0.579. The quantitative estimate of drug-likeness (QED) is 0.722. The van der Waals surface area contributed by atoms with Crippen LogP contribution >= 0.6 is 11.6 Å². The van der Waals surface area contributed by atoms with Crippen molar-refractivity contribution in [1.29, 1.82) is 0 Å². The van der Waals surface area contributed by atoms with Crippen molar-refractivity contribution >= 4 is 17.9 Å². The van der Waals surface area contributed by atoms with Gasteiger partial charge in [0, 0.05) is 11.1 Å². The third-order valence-electron chi connectivity index (χ3n) is 2.13. The molecule has 0 saturated carbocycles. The molecule has 1 heterocycles. The highest BCUT2D eigenvalue weighted by molar-refractivity contribution is 6.33. The van der Waals surface area contributed by atoms with Gasteiger partial charge >= 0.3 is 0 Å². The van der Waals surface area contributed by atoms with Crippen LogP contribution in [0.1, 0.15) is 16.1 Å². The second-order valence-corrected chi connectivity index (χ2v) is 3.67. The third kappa shape index (κ3) is 1.95. The summed E-state index contributed by atoms with van der Waals surface area (Å²) >= 11 is 6.02. The van der Waals surface area contributed by atoms with Crippen LogP contribution in [0.3, 0.4) is 0 Å². The standard InChI is InChI=1S/C12H9ClO2/c1-8-2-5-12(15-8)10-6-9(7-14)3-4-11(10)13/h2-7H,1H3. The molecule has 15 heavy (non-hydrogen) atoms. The number of hydrogen-bond acceptors (Lipinski definition) is 2. The monoisotopic (exact) mass is 220 g/mol. The molecule has 0 aliphatic heterocycles. The Labute approximate surface area is 92.5 Å². The molecule has 1 aromatic heterocycles. The Balaban J connectivity index is 2.55.